The van der Waals surface area contributed by atoms with Gasteiger partial charge in [0.25, 0.3) is 5.91 Å². The van der Waals surface area contributed by atoms with Crippen molar-refractivity contribution in [1.82, 2.24) is 14.9 Å². The summed E-state index contributed by atoms with van der Waals surface area (Å²) < 4.78 is 4.77. The number of nitrogens with zero attached hydrogens (tertiary/aromatic N) is 2. The molecular formula is C17H20N4O4. The van der Waals surface area contributed by atoms with Crippen LogP contribution in [0.5, 0.6) is 0 Å². The Morgan fingerprint density at radius 1 is 1.48 bits per heavy atom. The summed E-state index contributed by atoms with van der Waals surface area (Å²) in [4.78, 5) is 33.5. The molecule has 3 N–H and O–H groups in total. The minimum atomic E-state index is -0.563. The summed E-state index contributed by atoms with van der Waals surface area (Å²) in [5.74, 6) is -0.0201. The number of aryl methyl sites for hydroxylation is 1. The molecule has 1 aliphatic rings. The van der Waals surface area contributed by atoms with Gasteiger partial charge in [-0.3, -0.25) is 4.79 Å². The van der Waals surface area contributed by atoms with Crippen LogP contribution >= 0.6 is 0 Å². The van der Waals surface area contributed by atoms with Crippen LogP contribution in [-0.2, 0) is 20.7 Å². The Morgan fingerprint density at radius 2 is 2.28 bits per heavy atom. The number of aliphatic hydroxyl groups excluding tert-OH is 1. The molecule has 1 aromatic carbocycles. The normalized spacial score (nSPS) is 14.5. The van der Waals surface area contributed by atoms with Crippen LogP contribution in [0.3, 0.4) is 0 Å². The molecule has 0 radical (unpaired) electrons. The van der Waals surface area contributed by atoms with E-state index >= 15 is 0 Å². The van der Waals surface area contributed by atoms with E-state index in [1.165, 1.54) is 12.0 Å². The first-order chi connectivity index (χ1) is 12.1. The number of hydrogen-bond donors (Lipinski definition) is 3. The Hall–Kier alpha value is -2.87. The van der Waals surface area contributed by atoms with E-state index in [1.54, 1.807) is 6.07 Å². The summed E-state index contributed by atoms with van der Waals surface area (Å²) in [5.41, 5.74) is 2.77. The number of carbonyl (C=O) groups excluding carboxylic acids is 2. The zero-order valence-corrected chi connectivity index (χ0v) is 14.1. The Kier molecular flexibility index (Phi) is 4.71. The highest BCUT2D eigenvalue weighted by molar-refractivity contribution is 6.08. The summed E-state index contributed by atoms with van der Waals surface area (Å²) in [7, 11) is 1.27. The molecule has 3 rings (SSSR count). The molecule has 1 aliphatic heterocycles. The molecule has 0 saturated heterocycles. The van der Waals surface area contributed by atoms with Gasteiger partial charge >= 0.3 is 5.97 Å². The van der Waals surface area contributed by atoms with Crippen LogP contribution in [0, 0.1) is 0 Å². The molecule has 0 aliphatic carbocycles. The van der Waals surface area contributed by atoms with Crippen molar-refractivity contribution in [2.24, 2.45) is 0 Å². The maximum absolute atomic E-state index is 12.5. The topological polar surface area (TPSA) is 108 Å². The standard InChI is InChI=1S/C17H20N4O4/c1-3-14-19-12-5-4-10(8-13(12)20-14)18-15-11(17(24)25-2)9-21(6-7-22)16(15)23/h4-5,8,18,22H,3,6-7,9H2,1-2H3,(H,19,20). The van der Waals surface area contributed by atoms with Crippen molar-refractivity contribution in [3.63, 3.8) is 0 Å². The number of fused-ring (bicyclic) bond motifs is 1. The fourth-order valence-electron chi connectivity index (χ4n) is 2.80. The number of aromatic amines is 1. The van der Waals surface area contributed by atoms with Crippen LogP contribution in [-0.4, -0.2) is 58.7 Å². The van der Waals surface area contributed by atoms with E-state index in [9.17, 15) is 9.59 Å². The van der Waals surface area contributed by atoms with E-state index in [0.717, 1.165) is 23.3 Å². The van der Waals surface area contributed by atoms with Crippen molar-refractivity contribution in [1.29, 1.82) is 0 Å². The fourth-order valence-corrected chi connectivity index (χ4v) is 2.80. The van der Waals surface area contributed by atoms with E-state index in [-0.39, 0.29) is 36.9 Å². The monoisotopic (exact) mass is 344 g/mol. The van der Waals surface area contributed by atoms with E-state index in [2.05, 4.69) is 15.3 Å². The molecule has 0 fully saturated rings. The van der Waals surface area contributed by atoms with Crippen molar-refractivity contribution in [2.45, 2.75) is 13.3 Å². The first kappa shape index (κ1) is 17.0. The number of aliphatic hydroxyl groups is 1. The third-order valence-corrected chi connectivity index (χ3v) is 4.09. The molecule has 8 heteroatoms. The maximum atomic E-state index is 12.5. The van der Waals surface area contributed by atoms with Gasteiger partial charge in [-0.05, 0) is 18.2 Å². The number of benzene rings is 1. The van der Waals surface area contributed by atoms with E-state index in [4.69, 9.17) is 9.84 Å². The quantitative estimate of drug-likeness (QED) is 0.669. The number of nitrogens with one attached hydrogen (secondary N) is 2. The zero-order valence-electron chi connectivity index (χ0n) is 14.1. The molecule has 2 heterocycles. The van der Waals surface area contributed by atoms with Gasteiger partial charge in [0, 0.05) is 18.7 Å². The van der Waals surface area contributed by atoms with Gasteiger partial charge in [0.05, 0.1) is 36.9 Å². The van der Waals surface area contributed by atoms with Crippen molar-refractivity contribution in [3.8, 4) is 0 Å². The summed E-state index contributed by atoms with van der Waals surface area (Å²) in [6.07, 6.45) is 0.795. The van der Waals surface area contributed by atoms with Gasteiger partial charge in [-0.2, -0.15) is 0 Å². The Labute approximate surface area is 144 Å². The number of H-pyrrole nitrogens is 1. The highest BCUT2D eigenvalue weighted by Crippen LogP contribution is 2.24. The lowest BCUT2D eigenvalue weighted by molar-refractivity contribution is -0.136. The smallest absolute Gasteiger partial charge is 0.337 e. The summed E-state index contributed by atoms with van der Waals surface area (Å²) in [6.45, 7) is 2.11. The minimum Gasteiger partial charge on any atom is -0.466 e. The van der Waals surface area contributed by atoms with Crippen LogP contribution in [0.15, 0.2) is 29.5 Å². The second-order valence-electron chi connectivity index (χ2n) is 5.69. The lowest BCUT2D eigenvalue weighted by atomic mass is 10.2. The predicted octanol–water partition coefficient (Wildman–Crippen LogP) is 0.799. The molecule has 0 unspecified atom stereocenters. The predicted molar refractivity (Wildman–Crippen MR) is 91.8 cm³/mol. The third kappa shape index (κ3) is 3.20. The molecule has 2 aromatic rings. The fraction of sp³-hybridized carbons (Fsp3) is 0.353. The van der Waals surface area contributed by atoms with Gasteiger partial charge in [-0.25, -0.2) is 9.78 Å². The molecule has 0 bridgehead atoms. The SMILES string of the molecule is CCc1nc2ccc(NC3=C(C(=O)OC)CN(CCO)C3=O)cc2[nH]1. The first-order valence-electron chi connectivity index (χ1n) is 8.04. The van der Waals surface area contributed by atoms with Gasteiger partial charge < -0.3 is 25.0 Å². The highest BCUT2D eigenvalue weighted by atomic mass is 16.5. The van der Waals surface area contributed by atoms with Gasteiger partial charge in [-0.15, -0.1) is 0 Å². The van der Waals surface area contributed by atoms with Crippen molar-refractivity contribution in [2.75, 3.05) is 32.1 Å². The van der Waals surface area contributed by atoms with Gasteiger partial charge in [0.15, 0.2) is 0 Å². The second-order valence-corrected chi connectivity index (χ2v) is 5.69. The number of methoxy groups -OCH3 is 1. The number of aromatic nitrogens is 2. The third-order valence-electron chi connectivity index (χ3n) is 4.09. The molecule has 1 aromatic heterocycles. The van der Waals surface area contributed by atoms with E-state index in [1.807, 2.05) is 19.1 Å². The number of rotatable bonds is 6. The second kappa shape index (κ2) is 6.94. The largest absolute Gasteiger partial charge is 0.466 e. The number of imidazole rings is 1. The number of hydrogen-bond acceptors (Lipinski definition) is 6. The van der Waals surface area contributed by atoms with Gasteiger partial charge in [0.2, 0.25) is 0 Å². The highest BCUT2D eigenvalue weighted by Gasteiger charge is 2.34. The lowest BCUT2D eigenvalue weighted by Crippen LogP contribution is -2.31. The average Bonchev–Trinajstić information content (AvgIpc) is 3.17. The van der Waals surface area contributed by atoms with Crippen LogP contribution in [0.25, 0.3) is 11.0 Å². The number of esters is 1. The van der Waals surface area contributed by atoms with Gasteiger partial charge in [-0.1, -0.05) is 6.92 Å². The maximum Gasteiger partial charge on any atom is 0.337 e. The minimum absolute atomic E-state index is 0.112. The molecule has 0 atom stereocenters. The van der Waals surface area contributed by atoms with E-state index in [0.29, 0.717) is 5.69 Å². The summed E-state index contributed by atoms with van der Waals surface area (Å²) >= 11 is 0. The lowest BCUT2D eigenvalue weighted by Gasteiger charge is -2.15. The molecule has 0 spiro atoms. The van der Waals surface area contributed by atoms with Crippen LogP contribution < -0.4 is 5.32 Å². The molecule has 8 nitrogen and oxygen atoms in total. The molecule has 132 valence electrons. The Bertz CT molecular complexity index is 855. The first-order valence-corrected chi connectivity index (χ1v) is 8.04. The van der Waals surface area contributed by atoms with E-state index < -0.39 is 5.97 Å². The molecule has 1 amide bonds. The summed E-state index contributed by atoms with van der Waals surface area (Å²) in [5, 5.41) is 12.1. The number of anilines is 1. The van der Waals surface area contributed by atoms with Crippen molar-refractivity contribution < 1.29 is 19.4 Å². The van der Waals surface area contributed by atoms with Gasteiger partial charge in [0.1, 0.15) is 11.5 Å². The molecule has 25 heavy (non-hydrogen) atoms. The number of β-amino-alcohol motifs (C(OH)–C–C–N with tert-alkyl or cyclic N) is 1. The zero-order chi connectivity index (χ0) is 18.0. The number of amides is 1. The Balaban J connectivity index is 1.92. The van der Waals surface area contributed by atoms with Crippen LogP contribution in [0.4, 0.5) is 5.69 Å². The molecular weight excluding hydrogens is 324 g/mol. The van der Waals surface area contributed by atoms with Crippen molar-refractivity contribution >= 4 is 28.6 Å². The molecule has 0 saturated carbocycles. The Morgan fingerprint density at radius 3 is 2.96 bits per heavy atom. The van der Waals surface area contributed by atoms with Crippen molar-refractivity contribution in [3.05, 3.63) is 35.3 Å². The summed E-state index contributed by atoms with van der Waals surface area (Å²) in [6, 6.07) is 5.48. The average molecular weight is 344 g/mol. The number of ether oxygens (including phenoxy) is 1. The number of carbonyl (C=O) groups is 2. The van der Waals surface area contributed by atoms with Crippen LogP contribution in [0.2, 0.25) is 0 Å². The van der Waals surface area contributed by atoms with Crippen LogP contribution in [0.1, 0.15) is 12.7 Å².